The van der Waals surface area contributed by atoms with E-state index in [1.807, 2.05) is 43.3 Å². The van der Waals surface area contributed by atoms with Crippen LogP contribution in [0, 0.1) is 0 Å². The van der Waals surface area contributed by atoms with Gasteiger partial charge in [-0.25, -0.2) is 0 Å². The summed E-state index contributed by atoms with van der Waals surface area (Å²) in [6.45, 7) is 0. The zero-order valence-electron chi connectivity index (χ0n) is 12.7. The van der Waals surface area contributed by atoms with Crippen molar-refractivity contribution in [2.45, 2.75) is 0 Å². The van der Waals surface area contributed by atoms with Gasteiger partial charge in [-0.2, -0.15) is 5.10 Å². The van der Waals surface area contributed by atoms with Gasteiger partial charge < -0.3 is 10.2 Å². The molecule has 2 aromatic rings. The van der Waals surface area contributed by atoms with Gasteiger partial charge in [0.15, 0.2) is 5.11 Å². The summed E-state index contributed by atoms with van der Waals surface area (Å²) in [4.78, 5) is 2.04. The maximum Gasteiger partial charge on any atom is 0.191 e. The first-order valence-electron chi connectivity index (χ1n) is 6.78. The highest BCUT2D eigenvalue weighted by molar-refractivity contribution is 7.80. The first-order chi connectivity index (χ1) is 11.0. The van der Waals surface area contributed by atoms with E-state index in [4.69, 9.17) is 35.4 Å². The highest BCUT2D eigenvalue weighted by Gasteiger charge is 2.02. The molecule has 0 aliphatic carbocycles. The first kappa shape index (κ1) is 17.5. The minimum absolute atomic E-state index is 0.343. The van der Waals surface area contributed by atoms with Crippen molar-refractivity contribution in [1.82, 2.24) is 5.43 Å². The molecule has 2 rings (SSSR count). The summed E-state index contributed by atoms with van der Waals surface area (Å²) >= 11 is 17.1. The highest BCUT2D eigenvalue weighted by Crippen LogP contribution is 2.25. The SMILES string of the molecule is CN(C)c1ccc(C=NNC(=S)Nc2ccc(Cl)cc2Cl)cc1. The van der Waals surface area contributed by atoms with Crippen molar-refractivity contribution in [3.8, 4) is 0 Å². The van der Waals surface area contributed by atoms with E-state index < -0.39 is 0 Å². The number of hydrazone groups is 1. The molecule has 0 bridgehead atoms. The quantitative estimate of drug-likeness (QED) is 0.478. The minimum Gasteiger partial charge on any atom is -0.378 e. The molecule has 0 atom stereocenters. The van der Waals surface area contributed by atoms with E-state index in [0.29, 0.717) is 20.8 Å². The summed E-state index contributed by atoms with van der Waals surface area (Å²) in [7, 11) is 3.99. The van der Waals surface area contributed by atoms with Crippen LogP contribution in [0.4, 0.5) is 11.4 Å². The van der Waals surface area contributed by atoms with Gasteiger partial charge in [0.25, 0.3) is 0 Å². The first-order valence-corrected chi connectivity index (χ1v) is 7.94. The molecule has 0 unspecified atom stereocenters. The van der Waals surface area contributed by atoms with Gasteiger partial charge in [0.05, 0.1) is 16.9 Å². The number of thiocarbonyl (C=S) groups is 1. The second-order valence-corrected chi connectivity index (χ2v) is 6.19. The maximum atomic E-state index is 6.07. The zero-order chi connectivity index (χ0) is 16.8. The van der Waals surface area contributed by atoms with Crippen LogP contribution in [0.15, 0.2) is 47.6 Å². The number of rotatable bonds is 4. The molecule has 0 heterocycles. The van der Waals surface area contributed by atoms with Gasteiger partial charge in [-0.15, -0.1) is 0 Å². The molecule has 0 saturated heterocycles. The summed E-state index contributed by atoms with van der Waals surface area (Å²) in [5.41, 5.74) is 5.51. The van der Waals surface area contributed by atoms with Crippen LogP contribution >= 0.6 is 35.4 Å². The van der Waals surface area contributed by atoms with Crippen LogP contribution in [0.3, 0.4) is 0 Å². The molecule has 0 fully saturated rings. The van der Waals surface area contributed by atoms with Crippen LogP contribution in [-0.4, -0.2) is 25.4 Å². The van der Waals surface area contributed by atoms with Crippen LogP contribution in [-0.2, 0) is 0 Å². The smallest absolute Gasteiger partial charge is 0.191 e. The lowest BCUT2D eigenvalue weighted by molar-refractivity contribution is 1.05. The monoisotopic (exact) mass is 366 g/mol. The van der Waals surface area contributed by atoms with Gasteiger partial charge in [-0.05, 0) is 48.1 Å². The van der Waals surface area contributed by atoms with Gasteiger partial charge in [-0.1, -0.05) is 35.3 Å². The minimum atomic E-state index is 0.343. The predicted octanol–water partition coefficient (Wildman–Crippen LogP) is 4.38. The fourth-order valence-electron chi connectivity index (χ4n) is 1.77. The fourth-order valence-corrected chi connectivity index (χ4v) is 2.38. The van der Waals surface area contributed by atoms with Crippen molar-refractivity contribution in [2.75, 3.05) is 24.3 Å². The van der Waals surface area contributed by atoms with Gasteiger partial charge in [-0.3, -0.25) is 5.43 Å². The Labute approximate surface area is 151 Å². The van der Waals surface area contributed by atoms with Crippen LogP contribution in [0.25, 0.3) is 0 Å². The summed E-state index contributed by atoms with van der Waals surface area (Å²) in [5, 5.41) is 8.46. The number of anilines is 2. The van der Waals surface area contributed by atoms with Crippen LogP contribution in [0.1, 0.15) is 5.56 Å². The largest absolute Gasteiger partial charge is 0.378 e. The Morgan fingerprint density at radius 1 is 1.13 bits per heavy atom. The average Bonchev–Trinajstić information content (AvgIpc) is 2.50. The predicted molar refractivity (Wildman–Crippen MR) is 104 cm³/mol. The van der Waals surface area contributed by atoms with Gasteiger partial charge in [0, 0.05) is 24.8 Å². The Morgan fingerprint density at radius 2 is 1.83 bits per heavy atom. The lowest BCUT2D eigenvalue weighted by Crippen LogP contribution is -2.24. The van der Waals surface area contributed by atoms with E-state index >= 15 is 0 Å². The van der Waals surface area contributed by atoms with E-state index in [0.717, 1.165) is 11.3 Å². The Balaban J connectivity index is 1.90. The standard InChI is InChI=1S/C16H16Cl2N4S/c1-22(2)13-6-3-11(4-7-13)10-19-21-16(23)20-15-8-5-12(17)9-14(15)18/h3-10H,1-2H3,(H2,20,21,23). The van der Waals surface area contributed by atoms with Crippen molar-refractivity contribution in [2.24, 2.45) is 5.10 Å². The topological polar surface area (TPSA) is 39.7 Å². The summed E-state index contributed by atoms with van der Waals surface area (Å²) in [6.07, 6.45) is 1.69. The Kier molecular flexibility index (Phi) is 6.21. The average molecular weight is 367 g/mol. The second kappa shape index (κ2) is 8.15. The summed E-state index contributed by atoms with van der Waals surface area (Å²) in [5.74, 6) is 0. The zero-order valence-corrected chi connectivity index (χ0v) is 15.0. The normalized spacial score (nSPS) is 10.6. The van der Waals surface area contributed by atoms with Gasteiger partial charge >= 0.3 is 0 Å². The third-order valence-corrected chi connectivity index (χ3v) is 3.71. The summed E-state index contributed by atoms with van der Waals surface area (Å²) < 4.78 is 0. The van der Waals surface area contributed by atoms with Crippen molar-refractivity contribution in [3.63, 3.8) is 0 Å². The maximum absolute atomic E-state index is 6.07. The summed E-state index contributed by atoms with van der Waals surface area (Å²) in [6, 6.07) is 13.1. The fraction of sp³-hybridized carbons (Fsp3) is 0.125. The molecule has 0 saturated carbocycles. The Hall–Kier alpha value is -1.82. The molecule has 2 N–H and O–H groups in total. The molecule has 0 radical (unpaired) electrons. The van der Waals surface area contributed by atoms with Gasteiger partial charge in [0.2, 0.25) is 0 Å². The second-order valence-electron chi connectivity index (χ2n) is 4.93. The lowest BCUT2D eigenvalue weighted by atomic mass is 10.2. The van der Waals surface area contributed by atoms with E-state index in [2.05, 4.69) is 15.8 Å². The van der Waals surface area contributed by atoms with Gasteiger partial charge in [0.1, 0.15) is 0 Å². The third kappa shape index (κ3) is 5.39. The number of nitrogens with one attached hydrogen (secondary N) is 2. The molecule has 0 spiro atoms. The molecule has 4 nitrogen and oxygen atoms in total. The molecule has 2 aromatic carbocycles. The molecular formula is C16H16Cl2N4S. The Bertz CT molecular complexity index is 715. The molecule has 23 heavy (non-hydrogen) atoms. The molecular weight excluding hydrogens is 351 g/mol. The van der Waals surface area contributed by atoms with Crippen molar-refractivity contribution in [1.29, 1.82) is 0 Å². The third-order valence-electron chi connectivity index (χ3n) is 2.97. The van der Waals surface area contributed by atoms with Crippen LogP contribution in [0.2, 0.25) is 10.0 Å². The highest BCUT2D eigenvalue weighted by atomic mass is 35.5. The lowest BCUT2D eigenvalue weighted by Gasteiger charge is -2.11. The molecule has 0 amide bonds. The van der Waals surface area contributed by atoms with Crippen molar-refractivity contribution >= 4 is 58.1 Å². The van der Waals surface area contributed by atoms with Crippen molar-refractivity contribution < 1.29 is 0 Å². The van der Waals surface area contributed by atoms with Crippen molar-refractivity contribution in [3.05, 3.63) is 58.1 Å². The molecule has 7 heteroatoms. The van der Waals surface area contributed by atoms with E-state index in [9.17, 15) is 0 Å². The molecule has 0 aliphatic rings. The number of halogens is 2. The Morgan fingerprint density at radius 3 is 2.43 bits per heavy atom. The van der Waals surface area contributed by atoms with Crippen LogP contribution in [0.5, 0.6) is 0 Å². The number of hydrogen-bond donors (Lipinski definition) is 2. The number of benzene rings is 2. The number of nitrogens with zero attached hydrogens (tertiary/aromatic N) is 2. The molecule has 120 valence electrons. The molecule has 0 aromatic heterocycles. The number of hydrogen-bond acceptors (Lipinski definition) is 3. The van der Waals surface area contributed by atoms with E-state index in [1.54, 1.807) is 24.4 Å². The molecule has 0 aliphatic heterocycles. The van der Waals surface area contributed by atoms with E-state index in [1.165, 1.54) is 0 Å². The van der Waals surface area contributed by atoms with E-state index in [-0.39, 0.29) is 0 Å². The van der Waals surface area contributed by atoms with Crippen LogP contribution < -0.4 is 15.6 Å².